The van der Waals surface area contributed by atoms with E-state index in [2.05, 4.69) is 21.0 Å². The first-order chi connectivity index (χ1) is 7.84. The van der Waals surface area contributed by atoms with Crippen molar-refractivity contribution in [3.8, 4) is 11.3 Å². The molecule has 1 saturated carbocycles. The summed E-state index contributed by atoms with van der Waals surface area (Å²) in [5.74, 6) is 0.586. The molecule has 4 heteroatoms. The number of hydrogen-bond donors (Lipinski definition) is 1. The van der Waals surface area contributed by atoms with Crippen LogP contribution in [-0.2, 0) is 0 Å². The molecule has 0 spiro atoms. The first-order valence-corrected chi connectivity index (χ1v) is 6.50. The van der Waals surface area contributed by atoms with Crippen LogP contribution in [0.15, 0.2) is 24.0 Å². The van der Waals surface area contributed by atoms with Crippen LogP contribution in [0.25, 0.3) is 11.3 Å². The highest BCUT2D eigenvalue weighted by Crippen LogP contribution is 2.50. The van der Waals surface area contributed by atoms with E-state index < -0.39 is 0 Å². The Bertz CT molecular complexity index is 498. The minimum absolute atomic E-state index is 0.0824. The predicted octanol–water partition coefficient (Wildman–Crippen LogP) is 2.29. The van der Waals surface area contributed by atoms with Gasteiger partial charge in [-0.3, -0.25) is 0 Å². The number of imidazole rings is 1. The molecule has 0 aromatic carbocycles. The van der Waals surface area contributed by atoms with E-state index in [1.54, 1.807) is 0 Å². The van der Waals surface area contributed by atoms with Crippen molar-refractivity contribution in [3.05, 3.63) is 28.8 Å². The van der Waals surface area contributed by atoms with Crippen LogP contribution in [0.4, 0.5) is 0 Å². The van der Waals surface area contributed by atoms with Crippen LogP contribution in [0, 0.1) is 5.92 Å². The molecule has 3 nitrogen and oxygen atoms in total. The van der Waals surface area contributed by atoms with Crippen molar-refractivity contribution in [2.45, 2.75) is 25.0 Å². The molecule has 2 aliphatic rings. The summed E-state index contributed by atoms with van der Waals surface area (Å²) in [6.07, 6.45) is 5.65. The first kappa shape index (κ1) is 8.96. The lowest BCUT2D eigenvalue weighted by Crippen LogP contribution is -2.34. The Morgan fingerprint density at radius 2 is 2.31 bits per heavy atom. The van der Waals surface area contributed by atoms with Crippen LogP contribution in [-0.4, -0.2) is 20.8 Å². The summed E-state index contributed by atoms with van der Waals surface area (Å²) in [5.41, 5.74) is 2.58. The van der Waals surface area contributed by atoms with E-state index in [0.717, 1.165) is 12.8 Å². The Morgan fingerprint density at radius 3 is 3.12 bits per heavy atom. The lowest BCUT2D eigenvalue weighted by molar-refractivity contribution is 0.0268. The summed E-state index contributed by atoms with van der Waals surface area (Å²) in [7, 11) is 0. The summed E-state index contributed by atoms with van der Waals surface area (Å²) in [5, 5.41) is 11.6. The molecule has 0 bridgehead atoms. The lowest BCUT2D eigenvalue weighted by Gasteiger charge is -2.36. The third-order valence-corrected chi connectivity index (χ3v) is 4.79. The van der Waals surface area contributed by atoms with Gasteiger partial charge in [0.2, 0.25) is 0 Å². The molecule has 1 N–H and O–H groups in total. The molecular formula is C12H12N2OS. The Labute approximate surface area is 97.4 Å². The topological polar surface area (TPSA) is 38.1 Å². The molecule has 2 aromatic heterocycles. The summed E-state index contributed by atoms with van der Waals surface area (Å²) in [4.78, 5) is 5.69. The zero-order chi connectivity index (χ0) is 10.7. The van der Waals surface area contributed by atoms with Crippen LogP contribution >= 0.6 is 11.3 Å². The van der Waals surface area contributed by atoms with Crippen LogP contribution in [0.2, 0.25) is 0 Å². The van der Waals surface area contributed by atoms with Gasteiger partial charge in [0.1, 0.15) is 0 Å². The molecule has 0 amide bonds. The van der Waals surface area contributed by atoms with Crippen molar-refractivity contribution in [3.63, 3.8) is 0 Å². The fourth-order valence-corrected chi connectivity index (χ4v) is 4.05. The second-order valence-electron chi connectivity index (χ2n) is 4.71. The maximum absolute atomic E-state index is 9.45. The van der Waals surface area contributed by atoms with E-state index in [1.807, 2.05) is 23.9 Å². The fraction of sp³-hybridized carbons (Fsp3) is 0.417. The highest BCUT2D eigenvalue weighted by Gasteiger charge is 2.41. The maximum Gasteiger partial charge on any atom is 0.0957 e. The van der Waals surface area contributed by atoms with Gasteiger partial charge < -0.3 is 9.67 Å². The van der Waals surface area contributed by atoms with Gasteiger partial charge in [0.25, 0.3) is 0 Å². The highest BCUT2D eigenvalue weighted by atomic mass is 32.1. The number of aliphatic hydroxyl groups is 1. The quantitative estimate of drug-likeness (QED) is 0.819. The van der Waals surface area contributed by atoms with Gasteiger partial charge in [0, 0.05) is 10.4 Å². The van der Waals surface area contributed by atoms with Gasteiger partial charge in [-0.2, -0.15) is 0 Å². The van der Waals surface area contributed by atoms with Crippen molar-refractivity contribution in [2.24, 2.45) is 5.92 Å². The molecule has 1 aliphatic heterocycles. The van der Waals surface area contributed by atoms with Gasteiger partial charge in [-0.05, 0) is 30.2 Å². The van der Waals surface area contributed by atoms with Crippen molar-refractivity contribution in [2.75, 3.05) is 0 Å². The normalized spacial score (nSPS) is 30.9. The number of aliphatic hydroxyl groups excluding tert-OH is 1. The number of fused-ring (bicyclic) bond motifs is 3. The van der Waals surface area contributed by atoms with E-state index in [-0.39, 0.29) is 6.10 Å². The Morgan fingerprint density at radius 1 is 1.44 bits per heavy atom. The predicted molar refractivity (Wildman–Crippen MR) is 62.4 cm³/mol. The lowest BCUT2D eigenvalue weighted by atomic mass is 9.77. The van der Waals surface area contributed by atoms with E-state index >= 15 is 0 Å². The molecule has 0 saturated heterocycles. The summed E-state index contributed by atoms with van der Waals surface area (Å²) in [6, 6.07) is 2.61. The largest absolute Gasteiger partial charge is 0.393 e. The number of nitrogens with zero attached hydrogens (tertiary/aromatic N) is 2. The average molecular weight is 232 g/mol. The number of rotatable bonds is 1. The van der Waals surface area contributed by atoms with Crippen LogP contribution < -0.4 is 0 Å². The van der Waals surface area contributed by atoms with E-state index in [9.17, 15) is 5.11 Å². The molecule has 1 fully saturated rings. The maximum atomic E-state index is 9.45. The molecule has 2 aromatic rings. The molecule has 4 rings (SSSR count). The van der Waals surface area contributed by atoms with Gasteiger partial charge in [-0.25, -0.2) is 4.98 Å². The zero-order valence-corrected chi connectivity index (χ0v) is 9.52. The summed E-state index contributed by atoms with van der Waals surface area (Å²) < 4.78 is 2.28. The standard InChI is InChI=1S/C12H12N2OS/c15-8-3-7(4-8)11-12-9(1-2-16-12)10-5-13-6-14(10)11/h1-2,5-8,11,15H,3-4H2/t7?,8?,11-/m0/s1. The van der Waals surface area contributed by atoms with Crippen LogP contribution in [0.1, 0.15) is 23.8 Å². The molecular weight excluding hydrogens is 220 g/mol. The third-order valence-electron chi connectivity index (χ3n) is 3.80. The van der Waals surface area contributed by atoms with E-state index in [4.69, 9.17) is 0 Å². The molecule has 82 valence electrons. The summed E-state index contributed by atoms with van der Waals surface area (Å²) in [6.45, 7) is 0. The minimum atomic E-state index is -0.0824. The molecule has 16 heavy (non-hydrogen) atoms. The highest BCUT2D eigenvalue weighted by molar-refractivity contribution is 7.10. The third kappa shape index (κ3) is 0.987. The zero-order valence-electron chi connectivity index (χ0n) is 8.71. The van der Waals surface area contributed by atoms with E-state index in [1.165, 1.54) is 16.1 Å². The van der Waals surface area contributed by atoms with Gasteiger partial charge >= 0.3 is 0 Å². The van der Waals surface area contributed by atoms with Crippen molar-refractivity contribution in [1.29, 1.82) is 0 Å². The molecule has 0 unspecified atom stereocenters. The van der Waals surface area contributed by atoms with Crippen LogP contribution in [0.3, 0.4) is 0 Å². The number of aromatic nitrogens is 2. The molecule has 3 heterocycles. The van der Waals surface area contributed by atoms with Crippen molar-refractivity contribution >= 4 is 11.3 Å². The molecule has 1 aliphatic carbocycles. The number of thiophene rings is 1. The van der Waals surface area contributed by atoms with Crippen LogP contribution in [0.5, 0.6) is 0 Å². The molecule has 1 atom stereocenters. The second kappa shape index (κ2) is 2.96. The SMILES string of the molecule is OC1CC([C@H]2c3sccc3-c3cncn32)C1. The van der Waals surface area contributed by atoms with Crippen molar-refractivity contribution < 1.29 is 5.11 Å². The van der Waals surface area contributed by atoms with Gasteiger partial charge in [-0.1, -0.05) is 0 Å². The Balaban J connectivity index is 1.83. The first-order valence-electron chi connectivity index (χ1n) is 5.62. The van der Waals surface area contributed by atoms with Crippen molar-refractivity contribution in [1.82, 2.24) is 9.55 Å². The monoisotopic (exact) mass is 232 g/mol. The van der Waals surface area contributed by atoms with E-state index in [0.29, 0.717) is 12.0 Å². The smallest absolute Gasteiger partial charge is 0.0957 e. The minimum Gasteiger partial charge on any atom is -0.393 e. The fourth-order valence-electron chi connectivity index (χ4n) is 2.95. The van der Waals surface area contributed by atoms with Gasteiger partial charge in [0.15, 0.2) is 0 Å². The van der Waals surface area contributed by atoms with Gasteiger partial charge in [-0.15, -0.1) is 11.3 Å². The summed E-state index contributed by atoms with van der Waals surface area (Å²) >= 11 is 1.83. The average Bonchev–Trinajstić information content (AvgIpc) is 2.84. The van der Waals surface area contributed by atoms with Gasteiger partial charge in [0.05, 0.1) is 30.4 Å². The molecule has 0 radical (unpaired) electrons. The number of hydrogen-bond acceptors (Lipinski definition) is 3. The second-order valence-corrected chi connectivity index (χ2v) is 5.66. The Hall–Kier alpha value is -1.13. The Kier molecular flexibility index (Phi) is 1.66.